The molecule has 4 nitrogen and oxygen atoms in total. The highest BCUT2D eigenvalue weighted by molar-refractivity contribution is 5.65. The summed E-state index contributed by atoms with van der Waals surface area (Å²) >= 11 is 0. The predicted molar refractivity (Wildman–Crippen MR) is 82.2 cm³/mol. The molecule has 0 aliphatic rings. The molecule has 4 heteroatoms. The van der Waals surface area contributed by atoms with Crippen LogP contribution in [0.15, 0.2) is 35.1 Å². The second-order valence-corrected chi connectivity index (χ2v) is 5.01. The van der Waals surface area contributed by atoms with E-state index in [4.69, 9.17) is 10.00 Å². The average Bonchev–Trinajstić information content (AvgIpc) is 2.46. The molecule has 0 saturated heterocycles. The Morgan fingerprint density at radius 3 is 2.62 bits per heavy atom. The van der Waals surface area contributed by atoms with Crippen molar-refractivity contribution < 1.29 is 4.74 Å². The molecular formula is C17H18N2O2. The van der Waals surface area contributed by atoms with Crippen LogP contribution in [0.25, 0.3) is 11.3 Å². The van der Waals surface area contributed by atoms with E-state index < -0.39 is 0 Å². The first-order valence-corrected chi connectivity index (χ1v) is 6.79. The van der Waals surface area contributed by atoms with Gasteiger partial charge in [0, 0.05) is 19.2 Å². The fourth-order valence-electron chi connectivity index (χ4n) is 2.40. The summed E-state index contributed by atoms with van der Waals surface area (Å²) in [6, 6.07) is 11.5. The van der Waals surface area contributed by atoms with E-state index in [1.54, 1.807) is 17.7 Å². The minimum Gasteiger partial charge on any atom is -0.383 e. The van der Waals surface area contributed by atoms with Gasteiger partial charge < -0.3 is 9.30 Å². The molecular weight excluding hydrogens is 264 g/mol. The van der Waals surface area contributed by atoms with E-state index in [0.717, 1.165) is 16.8 Å². The van der Waals surface area contributed by atoms with Crippen LogP contribution in [0.1, 0.15) is 16.7 Å². The molecule has 0 spiro atoms. The Bertz CT molecular complexity index is 754. The summed E-state index contributed by atoms with van der Waals surface area (Å²) in [5, 5.41) is 9.03. The number of hydrogen-bond donors (Lipinski definition) is 0. The molecule has 0 amide bonds. The molecule has 0 aliphatic carbocycles. The van der Waals surface area contributed by atoms with Gasteiger partial charge in [-0.25, -0.2) is 0 Å². The Labute approximate surface area is 124 Å². The van der Waals surface area contributed by atoms with Gasteiger partial charge in [-0.05, 0) is 31.5 Å². The van der Waals surface area contributed by atoms with Crippen LogP contribution in [0, 0.1) is 25.2 Å². The van der Waals surface area contributed by atoms with Crippen LogP contribution in [-0.2, 0) is 11.3 Å². The van der Waals surface area contributed by atoms with Gasteiger partial charge in [-0.2, -0.15) is 5.26 Å². The van der Waals surface area contributed by atoms with Crippen molar-refractivity contribution in [3.8, 4) is 17.3 Å². The highest BCUT2D eigenvalue weighted by Gasteiger charge is 2.12. The first-order valence-electron chi connectivity index (χ1n) is 6.79. The first-order chi connectivity index (χ1) is 10.1. The molecule has 1 aromatic heterocycles. The zero-order valence-electron chi connectivity index (χ0n) is 12.5. The van der Waals surface area contributed by atoms with Crippen LogP contribution in [0.5, 0.6) is 0 Å². The van der Waals surface area contributed by atoms with Crippen LogP contribution in [0.4, 0.5) is 0 Å². The Hall–Kier alpha value is -2.38. The second kappa shape index (κ2) is 6.38. The number of nitriles is 1. The van der Waals surface area contributed by atoms with Crippen molar-refractivity contribution in [1.29, 1.82) is 5.26 Å². The number of ether oxygens (including phenoxy) is 1. The van der Waals surface area contributed by atoms with Gasteiger partial charge in [-0.3, -0.25) is 4.79 Å². The van der Waals surface area contributed by atoms with E-state index in [1.807, 2.05) is 38.1 Å². The van der Waals surface area contributed by atoms with Crippen LogP contribution >= 0.6 is 0 Å². The third-order valence-electron chi connectivity index (χ3n) is 3.47. The number of pyridine rings is 1. The lowest BCUT2D eigenvalue weighted by Gasteiger charge is -2.15. The number of hydrogen-bond acceptors (Lipinski definition) is 3. The van der Waals surface area contributed by atoms with Gasteiger partial charge in [0.2, 0.25) is 0 Å². The molecule has 21 heavy (non-hydrogen) atoms. The molecule has 0 radical (unpaired) electrons. The summed E-state index contributed by atoms with van der Waals surface area (Å²) in [5.74, 6) is 0. The fraction of sp³-hybridized carbons (Fsp3) is 0.294. The lowest BCUT2D eigenvalue weighted by molar-refractivity contribution is 0.186. The Morgan fingerprint density at radius 2 is 2.00 bits per heavy atom. The molecule has 0 fully saturated rings. The van der Waals surface area contributed by atoms with Crippen LogP contribution in [0.3, 0.4) is 0 Å². The van der Waals surface area contributed by atoms with Gasteiger partial charge in [0.1, 0.15) is 11.6 Å². The lowest BCUT2D eigenvalue weighted by Crippen LogP contribution is -2.26. The van der Waals surface area contributed by atoms with Crippen molar-refractivity contribution >= 4 is 0 Å². The number of nitrogens with zero attached hydrogens (tertiary/aromatic N) is 2. The lowest BCUT2D eigenvalue weighted by atomic mass is 10.0. The smallest absolute Gasteiger partial charge is 0.269 e. The normalized spacial score (nSPS) is 10.4. The number of rotatable bonds is 4. The monoisotopic (exact) mass is 282 g/mol. The predicted octanol–water partition coefficient (Wildman–Crippen LogP) is 2.65. The minimum absolute atomic E-state index is 0.152. The molecule has 0 saturated carbocycles. The van der Waals surface area contributed by atoms with Crippen LogP contribution in [-0.4, -0.2) is 18.3 Å². The van der Waals surface area contributed by atoms with Gasteiger partial charge in [0.05, 0.1) is 12.3 Å². The fourth-order valence-corrected chi connectivity index (χ4v) is 2.40. The number of aryl methyl sites for hydroxylation is 2. The van der Waals surface area contributed by atoms with Crippen molar-refractivity contribution in [3.63, 3.8) is 0 Å². The molecule has 2 rings (SSSR count). The van der Waals surface area contributed by atoms with Crippen molar-refractivity contribution in [1.82, 2.24) is 4.57 Å². The number of methoxy groups -OCH3 is 1. The highest BCUT2D eigenvalue weighted by atomic mass is 16.5. The highest BCUT2D eigenvalue weighted by Crippen LogP contribution is 2.23. The molecule has 2 aromatic rings. The average molecular weight is 282 g/mol. The SMILES string of the molecule is COCCn1c(-c2ccc(C)cc2C)ccc(C#N)c1=O. The summed E-state index contributed by atoms with van der Waals surface area (Å²) < 4.78 is 6.68. The summed E-state index contributed by atoms with van der Waals surface area (Å²) in [7, 11) is 1.59. The molecule has 0 aliphatic heterocycles. The Balaban J connectivity index is 2.65. The van der Waals surface area contributed by atoms with Gasteiger partial charge in [0.25, 0.3) is 5.56 Å². The molecule has 0 atom stereocenters. The van der Waals surface area contributed by atoms with Gasteiger partial charge in [0.15, 0.2) is 0 Å². The summed E-state index contributed by atoms with van der Waals surface area (Å²) in [6.07, 6.45) is 0. The third kappa shape index (κ3) is 3.04. The van der Waals surface area contributed by atoms with Crippen molar-refractivity contribution in [3.05, 3.63) is 57.4 Å². The van der Waals surface area contributed by atoms with Crippen molar-refractivity contribution in [2.45, 2.75) is 20.4 Å². The molecule has 108 valence electrons. The van der Waals surface area contributed by atoms with E-state index in [9.17, 15) is 4.79 Å². The van der Waals surface area contributed by atoms with Crippen LogP contribution in [0.2, 0.25) is 0 Å². The van der Waals surface area contributed by atoms with Gasteiger partial charge >= 0.3 is 0 Å². The Kier molecular flexibility index (Phi) is 4.56. The van der Waals surface area contributed by atoms with Crippen molar-refractivity contribution in [2.75, 3.05) is 13.7 Å². The van der Waals surface area contributed by atoms with E-state index in [-0.39, 0.29) is 11.1 Å². The van der Waals surface area contributed by atoms with Gasteiger partial charge in [-0.1, -0.05) is 23.8 Å². The number of benzene rings is 1. The summed E-state index contributed by atoms with van der Waals surface area (Å²) in [6.45, 7) is 4.90. The second-order valence-electron chi connectivity index (χ2n) is 5.01. The molecule has 0 N–H and O–H groups in total. The molecule has 0 bridgehead atoms. The molecule has 1 heterocycles. The maximum absolute atomic E-state index is 12.4. The topological polar surface area (TPSA) is 55.0 Å². The van der Waals surface area contributed by atoms with E-state index >= 15 is 0 Å². The van der Waals surface area contributed by atoms with E-state index in [0.29, 0.717) is 13.2 Å². The molecule has 1 aromatic carbocycles. The summed E-state index contributed by atoms with van der Waals surface area (Å²) in [5.41, 5.74) is 3.97. The number of aromatic nitrogens is 1. The quantitative estimate of drug-likeness (QED) is 0.866. The third-order valence-corrected chi connectivity index (χ3v) is 3.47. The van der Waals surface area contributed by atoms with E-state index in [2.05, 4.69) is 6.07 Å². The van der Waals surface area contributed by atoms with Gasteiger partial charge in [-0.15, -0.1) is 0 Å². The maximum Gasteiger partial charge on any atom is 0.269 e. The van der Waals surface area contributed by atoms with Crippen LogP contribution < -0.4 is 5.56 Å². The largest absolute Gasteiger partial charge is 0.383 e. The van der Waals surface area contributed by atoms with Crippen molar-refractivity contribution in [2.24, 2.45) is 0 Å². The zero-order chi connectivity index (χ0) is 15.4. The minimum atomic E-state index is -0.271. The maximum atomic E-state index is 12.4. The van der Waals surface area contributed by atoms with E-state index in [1.165, 1.54) is 5.56 Å². The first kappa shape index (κ1) is 15.0. The standard InChI is InChI=1S/C17H18N2O2/c1-12-4-6-15(13(2)10-12)16-7-5-14(11-18)17(20)19(16)8-9-21-3/h4-7,10H,8-9H2,1-3H3. The molecule has 0 unspecified atom stereocenters. The zero-order valence-corrected chi connectivity index (χ0v) is 12.5. The summed E-state index contributed by atoms with van der Waals surface area (Å²) in [4.78, 5) is 12.4. The Morgan fingerprint density at radius 1 is 1.24 bits per heavy atom.